The van der Waals surface area contributed by atoms with Gasteiger partial charge in [0.05, 0.1) is 14.2 Å². The molecule has 0 bridgehead atoms. The maximum absolute atomic E-state index is 12.0. The van der Waals surface area contributed by atoms with Gasteiger partial charge in [0.2, 0.25) is 5.91 Å². The summed E-state index contributed by atoms with van der Waals surface area (Å²) in [6, 6.07) is 11.3. The van der Waals surface area contributed by atoms with Crippen molar-refractivity contribution in [3.63, 3.8) is 0 Å². The molecule has 0 fully saturated rings. The minimum atomic E-state index is -0.0333. The normalized spacial score (nSPS) is 10.5. The largest absolute Gasteiger partial charge is 0.493 e. The van der Waals surface area contributed by atoms with Crippen LogP contribution in [0.25, 0.3) is 0 Å². The molecule has 0 aliphatic carbocycles. The fraction of sp³-hybridized carbons (Fsp3) is 0.350. The number of amides is 1. The summed E-state index contributed by atoms with van der Waals surface area (Å²) in [6.07, 6.45) is 1.24. The lowest BCUT2D eigenvalue weighted by molar-refractivity contribution is -0.116. The van der Waals surface area contributed by atoms with Crippen LogP contribution in [0.4, 0.5) is 5.69 Å². The number of hydrogen-bond acceptors (Lipinski definition) is 4. The monoisotopic (exact) mass is 376 g/mol. The topological polar surface area (TPSA) is 59.6 Å². The summed E-state index contributed by atoms with van der Waals surface area (Å²) in [7, 11) is 3.25. The number of rotatable bonds is 9. The van der Waals surface area contributed by atoms with Crippen LogP contribution in [0, 0.1) is 6.92 Å². The quantitative estimate of drug-likeness (QED) is 0.653. The van der Waals surface area contributed by atoms with Gasteiger partial charge < -0.3 is 20.1 Å². The molecule has 26 heavy (non-hydrogen) atoms. The number of methoxy groups -OCH3 is 2. The summed E-state index contributed by atoms with van der Waals surface area (Å²) in [4.78, 5) is 12.0. The fourth-order valence-electron chi connectivity index (χ4n) is 2.54. The second-order valence-electron chi connectivity index (χ2n) is 5.95. The van der Waals surface area contributed by atoms with Crippen molar-refractivity contribution in [2.24, 2.45) is 0 Å². The predicted octanol–water partition coefficient (Wildman–Crippen LogP) is 3.83. The van der Waals surface area contributed by atoms with Crippen molar-refractivity contribution in [3.05, 3.63) is 52.5 Å². The SMILES string of the molecule is COc1ccc(CCNCCC(=O)Nc2cc(Cl)ccc2C)cc1OC. The minimum absolute atomic E-state index is 0.0333. The molecule has 0 atom stereocenters. The van der Waals surface area contributed by atoms with E-state index in [9.17, 15) is 4.79 Å². The molecule has 0 heterocycles. The number of carbonyl (C=O) groups excluding carboxylic acids is 1. The van der Waals surface area contributed by atoms with Crippen LogP contribution in [0.1, 0.15) is 17.5 Å². The lowest BCUT2D eigenvalue weighted by atomic mass is 10.1. The fourth-order valence-corrected chi connectivity index (χ4v) is 2.71. The molecule has 0 unspecified atom stereocenters. The zero-order valence-corrected chi connectivity index (χ0v) is 16.2. The molecular formula is C20H25ClN2O3. The van der Waals surface area contributed by atoms with Crippen LogP contribution in [-0.4, -0.2) is 33.2 Å². The molecule has 0 aliphatic rings. The van der Waals surface area contributed by atoms with E-state index in [-0.39, 0.29) is 5.91 Å². The summed E-state index contributed by atoms with van der Waals surface area (Å²) in [5, 5.41) is 6.79. The van der Waals surface area contributed by atoms with Gasteiger partial charge in [0, 0.05) is 23.7 Å². The summed E-state index contributed by atoms with van der Waals surface area (Å²) < 4.78 is 10.5. The van der Waals surface area contributed by atoms with E-state index in [1.54, 1.807) is 20.3 Å². The van der Waals surface area contributed by atoms with Gasteiger partial charge in [0.15, 0.2) is 11.5 Å². The molecule has 0 aliphatic heterocycles. The number of benzene rings is 2. The first-order valence-electron chi connectivity index (χ1n) is 8.51. The first-order valence-corrected chi connectivity index (χ1v) is 8.89. The molecule has 5 nitrogen and oxygen atoms in total. The van der Waals surface area contributed by atoms with Crippen molar-refractivity contribution < 1.29 is 14.3 Å². The van der Waals surface area contributed by atoms with Gasteiger partial charge in [-0.2, -0.15) is 0 Å². The highest BCUT2D eigenvalue weighted by Crippen LogP contribution is 2.27. The van der Waals surface area contributed by atoms with Crippen molar-refractivity contribution in [2.45, 2.75) is 19.8 Å². The molecule has 0 saturated heterocycles. The van der Waals surface area contributed by atoms with Crippen LogP contribution in [-0.2, 0) is 11.2 Å². The Balaban J connectivity index is 1.72. The molecule has 2 aromatic rings. The van der Waals surface area contributed by atoms with Crippen LogP contribution >= 0.6 is 11.6 Å². The lowest BCUT2D eigenvalue weighted by Crippen LogP contribution is -2.23. The van der Waals surface area contributed by atoms with Gasteiger partial charge in [-0.3, -0.25) is 4.79 Å². The predicted molar refractivity (Wildman–Crippen MR) is 106 cm³/mol. The lowest BCUT2D eigenvalue weighted by Gasteiger charge is -2.11. The average molecular weight is 377 g/mol. The van der Waals surface area contributed by atoms with Crippen LogP contribution in [0.5, 0.6) is 11.5 Å². The number of ether oxygens (including phenoxy) is 2. The van der Waals surface area contributed by atoms with E-state index in [1.165, 1.54) is 0 Å². The van der Waals surface area contributed by atoms with E-state index in [1.807, 2.05) is 37.3 Å². The maximum Gasteiger partial charge on any atom is 0.225 e. The molecule has 6 heteroatoms. The first kappa shape index (κ1) is 20.1. The van der Waals surface area contributed by atoms with Gasteiger partial charge in [-0.15, -0.1) is 0 Å². The van der Waals surface area contributed by atoms with Gasteiger partial charge in [0.1, 0.15) is 0 Å². The third-order valence-corrected chi connectivity index (χ3v) is 4.28. The molecule has 0 spiro atoms. The Kier molecular flexibility index (Phi) is 7.75. The van der Waals surface area contributed by atoms with Crippen molar-refractivity contribution in [1.29, 1.82) is 0 Å². The number of hydrogen-bond donors (Lipinski definition) is 2. The Morgan fingerprint density at radius 2 is 1.81 bits per heavy atom. The Morgan fingerprint density at radius 3 is 2.54 bits per heavy atom. The van der Waals surface area contributed by atoms with Crippen LogP contribution in [0.15, 0.2) is 36.4 Å². The molecule has 2 aromatic carbocycles. The summed E-state index contributed by atoms with van der Waals surface area (Å²) in [5.74, 6) is 1.41. The molecule has 0 radical (unpaired) electrons. The number of aryl methyl sites for hydroxylation is 1. The van der Waals surface area contributed by atoms with Crippen molar-refractivity contribution >= 4 is 23.2 Å². The summed E-state index contributed by atoms with van der Waals surface area (Å²) in [6.45, 7) is 3.32. The highest BCUT2D eigenvalue weighted by molar-refractivity contribution is 6.31. The number of halogens is 1. The van der Waals surface area contributed by atoms with Gasteiger partial charge in [-0.25, -0.2) is 0 Å². The van der Waals surface area contributed by atoms with E-state index in [2.05, 4.69) is 10.6 Å². The molecule has 2 rings (SSSR count). The number of anilines is 1. The Labute approximate surface area is 159 Å². The second kappa shape index (κ2) is 10.0. The zero-order valence-electron chi connectivity index (χ0n) is 15.4. The summed E-state index contributed by atoms with van der Waals surface area (Å²) in [5.41, 5.74) is 2.89. The van der Waals surface area contributed by atoms with Crippen molar-refractivity contribution in [1.82, 2.24) is 5.32 Å². The highest BCUT2D eigenvalue weighted by atomic mass is 35.5. The molecule has 0 aromatic heterocycles. The van der Waals surface area contributed by atoms with E-state index < -0.39 is 0 Å². The van der Waals surface area contributed by atoms with Gasteiger partial charge in [0.25, 0.3) is 0 Å². The molecule has 2 N–H and O–H groups in total. The smallest absolute Gasteiger partial charge is 0.225 e. The molecule has 140 valence electrons. The minimum Gasteiger partial charge on any atom is -0.493 e. The maximum atomic E-state index is 12.0. The zero-order chi connectivity index (χ0) is 18.9. The first-order chi connectivity index (χ1) is 12.5. The molecule has 0 saturated carbocycles. The number of nitrogens with one attached hydrogen (secondary N) is 2. The van der Waals surface area contributed by atoms with E-state index in [4.69, 9.17) is 21.1 Å². The van der Waals surface area contributed by atoms with E-state index in [0.29, 0.717) is 18.0 Å². The van der Waals surface area contributed by atoms with Crippen LogP contribution < -0.4 is 20.1 Å². The Bertz CT molecular complexity index is 750. The second-order valence-corrected chi connectivity index (χ2v) is 6.38. The van der Waals surface area contributed by atoms with Crippen molar-refractivity contribution in [2.75, 3.05) is 32.6 Å². The Morgan fingerprint density at radius 1 is 1.04 bits per heavy atom. The average Bonchev–Trinajstić information content (AvgIpc) is 2.64. The van der Waals surface area contributed by atoms with Crippen LogP contribution in [0.2, 0.25) is 5.02 Å². The Hall–Kier alpha value is -2.24. The summed E-state index contributed by atoms with van der Waals surface area (Å²) >= 11 is 5.96. The number of carbonyl (C=O) groups is 1. The molecule has 1 amide bonds. The standard InChI is InChI=1S/C20H25ClN2O3/c1-14-4-6-16(21)13-17(14)23-20(24)9-11-22-10-8-15-5-7-18(25-2)19(12-15)26-3/h4-7,12-13,22H,8-11H2,1-3H3,(H,23,24). The van der Waals surface area contributed by atoms with Gasteiger partial charge in [-0.05, 0) is 55.3 Å². The molecular weight excluding hydrogens is 352 g/mol. The van der Waals surface area contributed by atoms with Crippen LogP contribution in [0.3, 0.4) is 0 Å². The van der Waals surface area contributed by atoms with Crippen molar-refractivity contribution in [3.8, 4) is 11.5 Å². The van der Waals surface area contributed by atoms with E-state index >= 15 is 0 Å². The third-order valence-electron chi connectivity index (χ3n) is 4.04. The van der Waals surface area contributed by atoms with E-state index in [0.717, 1.165) is 41.3 Å². The highest BCUT2D eigenvalue weighted by Gasteiger charge is 2.06. The van der Waals surface area contributed by atoms with Gasteiger partial charge >= 0.3 is 0 Å². The third kappa shape index (κ3) is 5.93. The van der Waals surface area contributed by atoms with Gasteiger partial charge in [-0.1, -0.05) is 23.7 Å².